The summed E-state index contributed by atoms with van der Waals surface area (Å²) in [5.41, 5.74) is 3.21. The van der Waals surface area contributed by atoms with Crippen LogP contribution in [0.5, 0.6) is 0 Å². The summed E-state index contributed by atoms with van der Waals surface area (Å²) in [4.78, 5) is 12.4. The third-order valence-electron chi connectivity index (χ3n) is 2.89. The summed E-state index contributed by atoms with van der Waals surface area (Å²) in [7, 11) is 0. The normalized spacial score (nSPS) is 13.6. The minimum absolute atomic E-state index is 0.166. The quantitative estimate of drug-likeness (QED) is 0.868. The molecule has 0 aliphatic carbocycles. The number of rotatable bonds is 2. The summed E-state index contributed by atoms with van der Waals surface area (Å²) in [6.07, 6.45) is 3.72. The van der Waals surface area contributed by atoms with E-state index in [0.29, 0.717) is 4.88 Å². The lowest BCUT2D eigenvalue weighted by Gasteiger charge is -2.18. The maximum Gasteiger partial charge on any atom is 0.269 e. The summed E-state index contributed by atoms with van der Waals surface area (Å²) in [6, 6.07) is 5.96. The van der Waals surface area contributed by atoms with Gasteiger partial charge in [-0.2, -0.15) is 0 Å². The Hall–Kier alpha value is -1.95. The molecule has 1 aliphatic heterocycles. The molecule has 2 aromatic rings. The van der Waals surface area contributed by atoms with Crippen LogP contribution >= 0.6 is 11.5 Å². The molecular formula is C12H12N4OS. The van der Waals surface area contributed by atoms with Crippen LogP contribution in [-0.4, -0.2) is 22.0 Å². The van der Waals surface area contributed by atoms with Gasteiger partial charge in [0.1, 0.15) is 4.88 Å². The SMILES string of the molecule is O=C(Nc1ccc2c(c1)NCCC2)c1cnns1. The maximum absolute atomic E-state index is 11.8. The van der Waals surface area contributed by atoms with Crippen LogP contribution in [-0.2, 0) is 6.42 Å². The average molecular weight is 260 g/mol. The van der Waals surface area contributed by atoms with Crippen molar-refractivity contribution in [3.8, 4) is 0 Å². The van der Waals surface area contributed by atoms with Crippen LogP contribution in [0.25, 0.3) is 0 Å². The summed E-state index contributed by atoms with van der Waals surface area (Å²) >= 11 is 1.09. The first-order valence-corrected chi connectivity index (χ1v) is 6.56. The van der Waals surface area contributed by atoms with Crippen LogP contribution in [0.3, 0.4) is 0 Å². The first-order chi connectivity index (χ1) is 8.83. The van der Waals surface area contributed by atoms with Crippen LogP contribution in [0.2, 0.25) is 0 Å². The highest BCUT2D eigenvalue weighted by molar-refractivity contribution is 7.07. The van der Waals surface area contributed by atoms with Crippen LogP contribution in [0.1, 0.15) is 21.7 Å². The molecule has 1 aromatic heterocycles. The minimum atomic E-state index is -0.166. The zero-order chi connectivity index (χ0) is 12.4. The second-order valence-corrected chi connectivity index (χ2v) is 4.92. The lowest BCUT2D eigenvalue weighted by atomic mass is 10.0. The molecule has 0 unspecified atom stereocenters. The summed E-state index contributed by atoms with van der Waals surface area (Å²) in [5.74, 6) is -0.166. The third kappa shape index (κ3) is 2.19. The van der Waals surface area contributed by atoms with Gasteiger partial charge < -0.3 is 10.6 Å². The molecule has 0 radical (unpaired) electrons. The number of hydrogen-bond acceptors (Lipinski definition) is 5. The van der Waals surface area contributed by atoms with Gasteiger partial charge in [-0.25, -0.2) is 0 Å². The van der Waals surface area contributed by atoms with E-state index in [1.807, 2.05) is 12.1 Å². The minimum Gasteiger partial charge on any atom is -0.385 e. The van der Waals surface area contributed by atoms with E-state index in [9.17, 15) is 4.79 Å². The molecule has 5 nitrogen and oxygen atoms in total. The average Bonchev–Trinajstić information content (AvgIpc) is 2.92. The molecule has 0 atom stereocenters. The van der Waals surface area contributed by atoms with E-state index < -0.39 is 0 Å². The fraction of sp³-hybridized carbons (Fsp3) is 0.250. The summed E-state index contributed by atoms with van der Waals surface area (Å²) < 4.78 is 3.67. The molecule has 18 heavy (non-hydrogen) atoms. The van der Waals surface area contributed by atoms with Crippen molar-refractivity contribution < 1.29 is 4.79 Å². The number of aromatic nitrogens is 2. The summed E-state index contributed by atoms with van der Waals surface area (Å²) in [5, 5.41) is 9.83. The van der Waals surface area contributed by atoms with Crippen molar-refractivity contribution in [3.63, 3.8) is 0 Å². The predicted molar refractivity (Wildman–Crippen MR) is 71.1 cm³/mol. The fourth-order valence-electron chi connectivity index (χ4n) is 2.00. The van der Waals surface area contributed by atoms with Crippen LogP contribution < -0.4 is 10.6 Å². The molecule has 2 N–H and O–H groups in total. The number of benzene rings is 1. The Labute approximate surface area is 108 Å². The van der Waals surface area contributed by atoms with Gasteiger partial charge in [-0.05, 0) is 42.1 Å². The number of carbonyl (C=O) groups is 1. The van der Waals surface area contributed by atoms with Gasteiger partial charge in [-0.1, -0.05) is 10.6 Å². The molecule has 0 bridgehead atoms. The molecule has 0 fully saturated rings. The molecule has 0 saturated carbocycles. The Morgan fingerprint density at radius 3 is 3.22 bits per heavy atom. The van der Waals surface area contributed by atoms with Crippen molar-refractivity contribution in [3.05, 3.63) is 34.8 Å². The Morgan fingerprint density at radius 2 is 2.39 bits per heavy atom. The first kappa shape index (κ1) is 11.2. The number of fused-ring (bicyclic) bond motifs is 1. The van der Waals surface area contributed by atoms with Crippen LogP contribution in [0.15, 0.2) is 24.4 Å². The topological polar surface area (TPSA) is 66.9 Å². The van der Waals surface area contributed by atoms with Crippen molar-refractivity contribution in [1.82, 2.24) is 9.59 Å². The summed E-state index contributed by atoms with van der Waals surface area (Å²) in [6.45, 7) is 0.989. The van der Waals surface area contributed by atoms with Crippen molar-refractivity contribution in [2.45, 2.75) is 12.8 Å². The molecule has 1 aliphatic rings. The highest BCUT2D eigenvalue weighted by atomic mass is 32.1. The van der Waals surface area contributed by atoms with Gasteiger partial charge in [0, 0.05) is 17.9 Å². The smallest absolute Gasteiger partial charge is 0.269 e. The zero-order valence-electron chi connectivity index (χ0n) is 9.64. The maximum atomic E-state index is 11.8. The molecule has 3 rings (SSSR count). The highest BCUT2D eigenvalue weighted by Gasteiger charge is 2.12. The lowest BCUT2D eigenvalue weighted by Crippen LogP contribution is -2.14. The molecule has 1 amide bonds. The monoisotopic (exact) mass is 260 g/mol. The Bertz CT molecular complexity index is 567. The fourth-order valence-corrected chi connectivity index (χ4v) is 2.41. The van der Waals surface area contributed by atoms with Gasteiger partial charge in [0.25, 0.3) is 5.91 Å². The van der Waals surface area contributed by atoms with Crippen molar-refractivity contribution in [1.29, 1.82) is 0 Å². The van der Waals surface area contributed by atoms with Crippen LogP contribution in [0.4, 0.5) is 11.4 Å². The predicted octanol–water partition coefficient (Wildman–Crippen LogP) is 2.15. The number of amides is 1. The van der Waals surface area contributed by atoms with E-state index in [1.165, 1.54) is 11.8 Å². The van der Waals surface area contributed by atoms with Gasteiger partial charge in [0.05, 0.1) is 6.20 Å². The second-order valence-electron chi connectivity index (χ2n) is 4.14. The molecule has 0 saturated heterocycles. The van der Waals surface area contributed by atoms with E-state index in [4.69, 9.17) is 0 Å². The molecule has 1 aromatic carbocycles. The molecule has 2 heterocycles. The standard InChI is InChI=1S/C12H12N4OS/c17-12(11-7-14-16-18-11)15-9-4-3-8-2-1-5-13-10(8)6-9/h3-4,6-7,13H,1-2,5H2,(H,15,17). The third-order valence-corrected chi connectivity index (χ3v) is 3.55. The number of hydrogen-bond donors (Lipinski definition) is 2. The van der Waals surface area contributed by atoms with Crippen LogP contribution in [0, 0.1) is 0 Å². The number of carbonyl (C=O) groups excluding carboxylic acids is 1. The van der Waals surface area contributed by atoms with Gasteiger partial charge in [-0.15, -0.1) is 5.10 Å². The van der Waals surface area contributed by atoms with Gasteiger partial charge >= 0.3 is 0 Å². The largest absolute Gasteiger partial charge is 0.385 e. The molecule has 92 valence electrons. The number of anilines is 2. The van der Waals surface area contributed by atoms with E-state index in [-0.39, 0.29) is 5.91 Å². The number of nitrogens with one attached hydrogen (secondary N) is 2. The van der Waals surface area contributed by atoms with Gasteiger partial charge in [-0.3, -0.25) is 4.79 Å². The zero-order valence-corrected chi connectivity index (χ0v) is 10.5. The van der Waals surface area contributed by atoms with E-state index in [1.54, 1.807) is 0 Å². The molecular weight excluding hydrogens is 248 g/mol. The Kier molecular flexibility index (Phi) is 2.93. The van der Waals surface area contributed by atoms with Gasteiger partial charge in [0.2, 0.25) is 0 Å². The highest BCUT2D eigenvalue weighted by Crippen LogP contribution is 2.25. The van der Waals surface area contributed by atoms with E-state index >= 15 is 0 Å². The lowest BCUT2D eigenvalue weighted by molar-refractivity contribution is 0.103. The van der Waals surface area contributed by atoms with Crippen molar-refractivity contribution in [2.24, 2.45) is 0 Å². The van der Waals surface area contributed by atoms with E-state index in [0.717, 1.165) is 42.3 Å². The van der Waals surface area contributed by atoms with Gasteiger partial charge in [0.15, 0.2) is 0 Å². The van der Waals surface area contributed by atoms with Crippen molar-refractivity contribution in [2.75, 3.05) is 17.2 Å². The number of nitrogens with zero attached hydrogens (tertiary/aromatic N) is 2. The number of aryl methyl sites for hydroxylation is 1. The molecule has 6 heteroatoms. The molecule has 0 spiro atoms. The van der Waals surface area contributed by atoms with Crippen molar-refractivity contribution >= 4 is 28.8 Å². The second kappa shape index (κ2) is 4.73. The Morgan fingerprint density at radius 1 is 1.44 bits per heavy atom. The van der Waals surface area contributed by atoms with E-state index in [2.05, 4.69) is 26.3 Å². The first-order valence-electron chi connectivity index (χ1n) is 5.78. The Balaban J connectivity index is 1.79.